The summed E-state index contributed by atoms with van der Waals surface area (Å²) < 4.78 is 82.4. The Morgan fingerprint density at radius 2 is 2.00 bits per heavy atom. The zero-order chi connectivity index (χ0) is 30.0. The van der Waals surface area contributed by atoms with E-state index in [1.54, 1.807) is 6.92 Å². The van der Waals surface area contributed by atoms with Crippen molar-refractivity contribution in [3.63, 3.8) is 0 Å². The van der Waals surface area contributed by atoms with Gasteiger partial charge in [-0.15, -0.1) is 0 Å². The highest BCUT2D eigenvalue weighted by atomic mass is 32.2. The minimum Gasteiger partial charge on any atom is -0.472 e. The third kappa shape index (κ3) is 7.25. The molecule has 3 aromatic heterocycles. The normalized spacial score (nSPS) is 17.9. The smallest absolute Gasteiger partial charge is 0.408 e. The van der Waals surface area contributed by atoms with Crippen molar-refractivity contribution in [1.82, 2.24) is 24.5 Å². The van der Waals surface area contributed by atoms with Crippen LogP contribution in [-0.2, 0) is 19.3 Å². The van der Waals surface area contributed by atoms with Gasteiger partial charge in [0.25, 0.3) is 0 Å². The summed E-state index contributed by atoms with van der Waals surface area (Å²) >= 11 is 0. The van der Waals surface area contributed by atoms with E-state index in [2.05, 4.69) is 25.3 Å². The summed E-state index contributed by atoms with van der Waals surface area (Å²) in [5, 5.41) is 2.94. The number of imidazole rings is 1. The summed E-state index contributed by atoms with van der Waals surface area (Å²) in [4.78, 5) is 16.9. The first-order chi connectivity index (χ1) is 19.2. The van der Waals surface area contributed by atoms with Gasteiger partial charge in [-0.05, 0) is 46.6 Å². The molecule has 41 heavy (non-hydrogen) atoms. The number of rotatable bonds is 10. The van der Waals surface area contributed by atoms with Crippen LogP contribution >= 0.6 is 0 Å². The Hall–Kier alpha value is -3.46. The monoisotopic (exact) mass is 598 g/mol. The summed E-state index contributed by atoms with van der Waals surface area (Å²) in [7, 11) is -3.40. The van der Waals surface area contributed by atoms with E-state index in [0.29, 0.717) is 18.6 Å². The van der Waals surface area contributed by atoms with Gasteiger partial charge in [0.05, 0.1) is 24.6 Å². The lowest BCUT2D eigenvalue weighted by Gasteiger charge is -2.23. The van der Waals surface area contributed by atoms with Gasteiger partial charge in [-0.3, -0.25) is 0 Å². The maximum Gasteiger partial charge on any atom is 0.408 e. The molecule has 1 aliphatic rings. The summed E-state index contributed by atoms with van der Waals surface area (Å²) in [6.45, 7) is 6.12. The number of aromatic nitrogens is 5. The number of hydrogen-bond acceptors (Lipinski definition) is 10. The Kier molecular flexibility index (Phi) is 8.78. The molecule has 11 nitrogen and oxygen atoms in total. The second-order valence-electron chi connectivity index (χ2n) is 10.5. The van der Waals surface area contributed by atoms with E-state index < -0.39 is 33.1 Å². The highest BCUT2D eigenvalue weighted by molar-refractivity contribution is 7.92. The fourth-order valence-corrected chi connectivity index (χ4v) is 4.16. The van der Waals surface area contributed by atoms with E-state index in [9.17, 15) is 21.6 Å². The average molecular weight is 599 g/mol. The molecular formula is C26H33F3N6O5S. The van der Waals surface area contributed by atoms with Crippen LogP contribution in [0.2, 0.25) is 0 Å². The minimum atomic E-state index is -4.55. The van der Waals surface area contributed by atoms with Gasteiger partial charge in [0.1, 0.15) is 40.4 Å². The molecule has 0 spiro atoms. The lowest BCUT2D eigenvalue weighted by atomic mass is 10.2. The standard InChI is InChI=1S/C26H33F3N6O5S/c1-16(14-39-22-8-6-7-11-38-22)23-32-18-13-31-21(12-19(18)35(23)17(2)26(27,28)29)33-20-9-10-30-24(34-20)40-15-25(3,4)41(5,36)37/h9-10,12-14,17,22H,6-8,11,15H2,1-5H3,(H,30,31,33,34)/b16-14+/t17-,22?/m0/s1. The Bertz CT molecular complexity index is 1520. The molecule has 1 fully saturated rings. The SMILES string of the molecule is C/C(=C\OC1CCCCO1)c1nc2cnc(Nc3ccnc(OCC(C)(C)S(C)(=O)=O)n3)cc2n1[C@@H](C)C(F)(F)F. The topological polar surface area (TPSA) is 130 Å². The molecule has 0 aliphatic carbocycles. The molecule has 1 N–H and O–H groups in total. The Morgan fingerprint density at radius 3 is 2.66 bits per heavy atom. The fraction of sp³-hybridized carbons (Fsp3) is 0.538. The molecule has 0 radical (unpaired) electrons. The third-order valence-corrected chi connectivity index (χ3v) is 8.89. The number of pyridine rings is 1. The van der Waals surface area contributed by atoms with Gasteiger partial charge in [0, 0.05) is 30.5 Å². The molecule has 224 valence electrons. The van der Waals surface area contributed by atoms with Crippen LogP contribution in [0.4, 0.5) is 24.8 Å². The lowest BCUT2D eigenvalue weighted by Crippen LogP contribution is -2.37. The summed E-state index contributed by atoms with van der Waals surface area (Å²) in [5.41, 5.74) is 0.859. The largest absolute Gasteiger partial charge is 0.472 e. The lowest BCUT2D eigenvalue weighted by molar-refractivity contribution is -0.162. The Labute approximate surface area is 236 Å². The molecule has 0 aromatic carbocycles. The molecular weight excluding hydrogens is 565 g/mol. The zero-order valence-corrected chi connectivity index (χ0v) is 24.2. The van der Waals surface area contributed by atoms with Gasteiger partial charge in [-0.2, -0.15) is 18.2 Å². The van der Waals surface area contributed by atoms with Crippen molar-refractivity contribution in [2.75, 3.05) is 24.8 Å². The number of fused-ring (bicyclic) bond motifs is 1. The van der Waals surface area contributed by atoms with Crippen molar-refractivity contribution < 1.29 is 35.8 Å². The van der Waals surface area contributed by atoms with Crippen LogP contribution in [0.15, 0.2) is 30.8 Å². The van der Waals surface area contributed by atoms with E-state index in [-0.39, 0.29) is 41.1 Å². The fourth-order valence-electron chi connectivity index (χ4n) is 3.89. The molecule has 3 aromatic rings. The number of hydrogen-bond donors (Lipinski definition) is 1. The number of alkyl halides is 3. The van der Waals surface area contributed by atoms with Crippen LogP contribution in [0.5, 0.6) is 6.01 Å². The van der Waals surface area contributed by atoms with Crippen molar-refractivity contribution in [3.8, 4) is 6.01 Å². The number of anilines is 2. The molecule has 0 saturated carbocycles. The highest BCUT2D eigenvalue weighted by Gasteiger charge is 2.39. The predicted octanol–water partition coefficient (Wildman–Crippen LogP) is 5.19. The molecule has 15 heteroatoms. The van der Waals surface area contributed by atoms with E-state index in [0.717, 1.165) is 30.6 Å². The maximum atomic E-state index is 14.0. The van der Waals surface area contributed by atoms with Crippen molar-refractivity contribution in [3.05, 3.63) is 36.6 Å². The number of nitrogens with zero attached hydrogens (tertiary/aromatic N) is 5. The van der Waals surface area contributed by atoms with Gasteiger partial charge >= 0.3 is 12.2 Å². The van der Waals surface area contributed by atoms with Crippen LogP contribution in [-0.4, -0.2) is 69.6 Å². The van der Waals surface area contributed by atoms with E-state index in [1.165, 1.54) is 44.6 Å². The van der Waals surface area contributed by atoms with E-state index >= 15 is 0 Å². The van der Waals surface area contributed by atoms with Gasteiger partial charge in [-0.1, -0.05) is 0 Å². The van der Waals surface area contributed by atoms with Crippen LogP contribution < -0.4 is 10.1 Å². The molecule has 2 atom stereocenters. The number of sulfone groups is 1. The van der Waals surface area contributed by atoms with Crippen LogP contribution in [0.25, 0.3) is 16.6 Å². The van der Waals surface area contributed by atoms with Gasteiger partial charge in [0.2, 0.25) is 0 Å². The molecule has 1 unspecified atom stereocenters. The molecule has 1 saturated heterocycles. The van der Waals surface area contributed by atoms with Gasteiger partial charge < -0.3 is 24.1 Å². The highest BCUT2D eigenvalue weighted by Crippen LogP contribution is 2.36. The summed E-state index contributed by atoms with van der Waals surface area (Å²) in [6, 6.07) is 0.985. The summed E-state index contributed by atoms with van der Waals surface area (Å²) in [5.74, 6) is 0.533. The van der Waals surface area contributed by atoms with Crippen molar-refractivity contribution >= 4 is 38.1 Å². The third-order valence-electron chi connectivity index (χ3n) is 6.77. The predicted molar refractivity (Wildman–Crippen MR) is 146 cm³/mol. The molecule has 4 heterocycles. The Balaban J connectivity index is 1.62. The second kappa shape index (κ2) is 11.8. The zero-order valence-electron chi connectivity index (χ0n) is 23.4. The van der Waals surface area contributed by atoms with Gasteiger partial charge in [-0.25, -0.2) is 23.4 Å². The maximum absolute atomic E-state index is 14.0. The first-order valence-electron chi connectivity index (χ1n) is 13.0. The van der Waals surface area contributed by atoms with Crippen LogP contribution in [0, 0.1) is 0 Å². The molecule has 0 bridgehead atoms. The number of allylic oxidation sites excluding steroid dienone is 1. The number of ether oxygens (including phenoxy) is 3. The van der Waals surface area contributed by atoms with Gasteiger partial charge in [0.15, 0.2) is 16.1 Å². The summed E-state index contributed by atoms with van der Waals surface area (Å²) in [6.07, 6.45) is 2.85. The molecule has 1 aliphatic heterocycles. The number of halogens is 3. The second-order valence-corrected chi connectivity index (χ2v) is 13.1. The molecule has 0 amide bonds. The quantitative estimate of drug-likeness (QED) is 0.311. The Morgan fingerprint density at radius 1 is 1.24 bits per heavy atom. The minimum absolute atomic E-state index is 0.0754. The van der Waals surface area contributed by atoms with E-state index in [4.69, 9.17) is 14.2 Å². The first kappa shape index (κ1) is 30.5. The van der Waals surface area contributed by atoms with Crippen molar-refractivity contribution in [2.24, 2.45) is 0 Å². The molecule has 4 rings (SSSR count). The first-order valence-corrected chi connectivity index (χ1v) is 14.9. The van der Waals surface area contributed by atoms with E-state index in [1.807, 2.05) is 0 Å². The van der Waals surface area contributed by atoms with Crippen molar-refractivity contribution in [1.29, 1.82) is 0 Å². The average Bonchev–Trinajstić information content (AvgIpc) is 3.28. The van der Waals surface area contributed by atoms with Crippen LogP contribution in [0.1, 0.15) is 58.8 Å². The van der Waals surface area contributed by atoms with Crippen molar-refractivity contribution in [2.45, 2.75) is 70.2 Å². The van der Waals surface area contributed by atoms with Crippen LogP contribution in [0.3, 0.4) is 0 Å². The number of nitrogens with one attached hydrogen (secondary N) is 1.